The summed E-state index contributed by atoms with van der Waals surface area (Å²) >= 11 is 6.02. The fourth-order valence-corrected chi connectivity index (χ4v) is 2.59. The van der Waals surface area contributed by atoms with Crippen LogP contribution in [0, 0.1) is 5.41 Å². The van der Waals surface area contributed by atoms with Crippen molar-refractivity contribution < 1.29 is 0 Å². The maximum absolute atomic E-state index is 6.02. The Balaban J connectivity index is 1.96. The van der Waals surface area contributed by atoms with E-state index in [9.17, 15) is 0 Å². The number of aromatic nitrogens is 2. The molecule has 1 saturated carbocycles. The normalized spacial score (nSPS) is 16.6. The van der Waals surface area contributed by atoms with Crippen molar-refractivity contribution in [2.75, 3.05) is 11.9 Å². The molecule has 0 aliphatic heterocycles. The Morgan fingerprint density at radius 1 is 1.28 bits per heavy atom. The van der Waals surface area contributed by atoms with Crippen LogP contribution in [0.1, 0.15) is 51.8 Å². The molecule has 1 N–H and O–H groups in total. The SMILES string of the molecule is CCCc1nc(Cl)cc(NCC2(CCC)CC2)n1. The molecule has 1 heterocycles. The second-order valence-corrected chi connectivity index (χ2v) is 5.73. The molecule has 3 nitrogen and oxygen atoms in total. The summed E-state index contributed by atoms with van der Waals surface area (Å²) in [5.74, 6) is 1.72. The van der Waals surface area contributed by atoms with Crippen molar-refractivity contribution in [1.29, 1.82) is 0 Å². The third-order valence-electron chi connectivity index (χ3n) is 3.60. The van der Waals surface area contributed by atoms with Crippen molar-refractivity contribution in [3.05, 3.63) is 17.0 Å². The van der Waals surface area contributed by atoms with Crippen LogP contribution in [-0.4, -0.2) is 16.5 Å². The van der Waals surface area contributed by atoms with Gasteiger partial charge in [0.15, 0.2) is 0 Å². The average Bonchev–Trinajstić information content (AvgIpc) is 3.07. The minimum Gasteiger partial charge on any atom is -0.369 e. The van der Waals surface area contributed by atoms with Gasteiger partial charge in [0.25, 0.3) is 0 Å². The predicted molar refractivity (Wildman–Crippen MR) is 76.1 cm³/mol. The number of nitrogens with one attached hydrogen (secondary N) is 1. The Morgan fingerprint density at radius 3 is 2.67 bits per heavy atom. The van der Waals surface area contributed by atoms with E-state index in [2.05, 4.69) is 29.1 Å². The van der Waals surface area contributed by atoms with Crippen molar-refractivity contribution in [3.8, 4) is 0 Å². The van der Waals surface area contributed by atoms with Crippen LogP contribution in [0.4, 0.5) is 5.82 Å². The molecule has 1 aromatic rings. The Labute approximate surface area is 114 Å². The molecule has 0 atom stereocenters. The Hall–Kier alpha value is -0.830. The molecule has 0 spiro atoms. The third-order valence-corrected chi connectivity index (χ3v) is 3.79. The van der Waals surface area contributed by atoms with Crippen LogP contribution < -0.4 is 5.32 Å². The first-order valence-corrected chi connectivity index (χ1v) is 7.32. The van der Waals surface area contributed by atoms with E-state index in [0.717, 1.165) is 31.0 Å². The summed E-state index contributed by atoms with van der Waals surface area (Å²) < 4.78 is 0. The third kappa shape index (κ3) is 3.58. The maximum atomic E-state index is 6.02. The van der Waals surface area contributed by atoms with Gasteiger partial charge in [-0.05, 0) is 31.1 Å². The molecule has 4 heteroatoms. The van der Waals surface area contributed by atoms with Gasteiger partial charge in [-0.2, -0.15) is 0 Å². The highest BCUT2D eigenvalue weighted by atomic mass is 35.5. The number of aryl methyl sites for hydroxylation is 1. The second-order valence-electron chi connectivity index (χ2n) is 5.35. The maximum Gasteiger partial charge on any atom is 0.134 e. The topological polar surface area (TPSA) is 37.8 Å². The zero-order valence-electron chi connectivity index (χ0n) is 11.3. The van der Waals surface area contributed by atoms with Gasteiger partial charge in [0, 0.05) is 19.0 Å². The van der Waals surface area contributed by atoms with Crippen LogP contribution in [0.3, 0.4) is 0 Å². The molecule has 100 valence electrons. The van der Waals surface area contributed by atoms with E-state index in [0.29, 0.717) is 10.6 Å². The van der Waals surface area contributed by atoms with Gasteiger partial charge in [-0.25, -0.2) is 9.97 Å². The lowest BCUT2D eigenvalue weighted by molar-refractivity contribution is 0.485. The largest absolute Gasteiger partial charge is 0.369 e. The van der Waals surface area contributed by atoms with Crippen molar-refractivity contribution >= 4 is 17.4 Å². The molecule has 1 fully saturated rings. The van der Waals surface area contributed by atoms with Crippen LogP contribution in [0.15, 0.2) is 6.07 Å². The van der Waals surface area contributed by atoms with E-state index in [1.165, 1.54) is 25.7 Å². The molecule has 1 aliphatic carbocycles. The quantitative estimate of drug-likeness (QED) is 0.757. The molecule has 0 radical (unpaired) electrons. The predicted octanol–water partition coefficient (Wildman–Crippen LogP) is 4.07. The number of nitrogens with zero attached hydrogens (tertiary/aromatic N) is 2. The van der Waals surface area contributed by atoms with Crippen LogP contribution in [-0.2, 0) is 6.42 Å². The molecular weight excluding hydrogens is 246 g/mol. The molecule has 0 saturated heterocycles. The van der Waals surface area contributed by atoms with Gasteiger partial charge in [-0.3, -0.25) is 0 Å². The van der Waals surface area contributed by atoms with Gasteiger partial charge in [-0.1, -0.05) is 31.9 Å². The molecule has 1 aliphatic rings. The van der Waals surface area contributed by atoms with Crippen molar-refractivity contribution in [3.63, 3.8) is 0 Å². The first-order chi connectivity index (χ1) is 8.67. The van der Waals surface area contributed by atoms with Crippen molar-refractivity contribution in [1.82, 2.24) is 9.97 Å². The summed E-state index contributed by atoms with van der Waals surface area (Å²) in [6.45, 7) is 5.39. The van der Waals surface area contributed by atoms with Crippen molar-refractivity contribution in [2.45, 2.75) is 52.4 Å². The number of rotatable bonds is 7. The molecule has 0 bridgehead atoms. The monoisotopic (exact) mass is 267 g/mol. The Bertz CT molecular complexity index is 402. The number of halogens is 1. The average molecular weight is 268 g/mol. The van der Waals surface area contributed by atoms with E-state index in [1.54, 1.807) is 0 Å². The second kappa shape index (κ2) is 5.87. The molecule has 2 rings (SSSR count). The zero-order valence-corrected chi connectivity index (χ0v) is 12.1. The minimum atomic E-state index is 0.525. The first kappa shape index (κ1) is 13.6. The molecule has 18 heavy (non-hydrogen) atoms. The van der Waals surface area contributed by atoms with Gasteiger partial charge in [-0.15, -0.1) is 0 Å². The molecule has 0 unspecified atom stereocenters. The molecular formula is C14H22ClN3. The van der Waals surface area contributed by atoms with Crippen LogP contribution in [0.5, 0.6) is 0 Å². The molecule has 0 aromatic carbocycles. The summed E-state index contributed by atoms with van der Waals surface area (Å²) in [6, 6.07) is 1.82. The summed E-state index contributed by atoms with van der Waals surface area (Å²) in [6.07, 6.45) is 7.17. The highest BCUT2D eigenvalue weighted by Crippen LogP contribution is 2.49. The van der Waals surface area contributed by atoms with Gasteiger partial charge in [0.05, 0.1) is 0 Å². The summed E-state index contributed by atoms with van der Waals surface area (Å²) in [5.41, 5.74) is 0.525. The van der Waals surface area contributed by atoms with E-state index in [-0.39, 0.29) is 0 Å². The van der Waals surface area contributed by atoms with Crippen LogP contribution in [0.2, 0.25) is 5.15 Å². The first-order valence-electron chi connectivity index (χ1n) is 6.95. The fourth-order valence-electron chi connectivity index (χ4n) is 2.39. The van der Waals surface area contributed by atoms with Crippen molar-refractivity contribution in [2.24, 2.45) is 5.41 Å². The fraction of sp³-hybridized carbons (Fsp3) is 0.714. The van der Waals surface area contributed by atoms with Gasteiger partial charge in [0.2, 0.25) is 0 Å². The van der Waals surface area contributed by atoms with Crippen LogP contribution >= 0.6 is 11.6 Å². The summed E-state index contributed by atoms with van der Waals surface area (Å²) in [7, 11) is 0. The number of anilines is 1. The van der Waals surface area contributed by atoms with Gasteiger partial charge in [0.1, 0.15) is 16.8 Å². The van der Waals surface area contributed by atoms with Gasteiger partial charge >= 0.3 is 0 Å². The van der Waals surface area contributed by atoms with Crippen LogP contribution in [0.25, 0.3) is 0 Å². The molecule has 0 amide bonds. The highest BCUT2D eigenvalue weighted by molar-refractivity contribution is 6.29. The highest BCUT2D eigenvalue weighted by Gasteiger charge is 2.41. The lowest BCUT2D eigenvalue weighted by Crippen LogP contribution is -2.16. The zero-order chi connectivity index (χ0) is 13.0. The summed E-state index contributed by atoms with van der Waals surface area (Å²) in [4.78, 5) is 8.74. The standard InChI is InChI=1S/C14H22ClN3/c1-3-5-12-17-11(15)9-13(18-12)16-10-14(6-4-2)7-8-14/h9H,3-8,10H2,1-2H3,(H,16,17,18). The lowest BCUT2D eigenvalue weighted by Gasteiger charge is -2.15. The van der Waals surface area contributed by atoms with Gasteiger partial charge < -0.3 is 5.32 Å². The van der Waals surface area contributed by atoms with E-state index < -0.39 is 0 Å². The lowest BCUT2D eigenvalue weighted by atomic mass is 10.0. The smallest absolute Gasteiger partial charge is 0.134 e. The number of hydrogen-bond acceptors (Lipinski definition) is 3. The number of hydrogen-bond donors (Lipinski definition) is 1. The Kier molecular flexibility index (Phi) is 4.44. The molecule has 1 aromatic heterocycles. The summed E-state index contributed by atoms with van der Waals surface area (Å²) in [5, 5.41) is 3.97. The van der Waals surface area contributed by atoms with E-state index >= 15 is 0 Å². The van der Waals surface area contributed by atoms with E-state index in [4.69, 9.17) is 11.6 Å². The van der Waals surface area contributed by atoms with E-state index in [1.807, 2.05) is 6.07 Å². The minimum absolute atomic E-state index is 0.525. The Morgan fingerprint density at radius 2 is 2.06 bits per heavy atom.